The molecule has 0 unspecified atom stereocenters. The van der Waals surface area contributed by atoms with Gasteiger partial charge >= 0.3 is 0 Å². The third-order valence-corrected chi connectivity index (χ3v) is 2.39. The number of likely N-dealkylation sites (N-methyl/N-ethyl adjacent to an activating group) is 1. The van der Waals surface area contributed by atoms with Crippen LogP contribution in [0.15, 0.2) is 0 Å². The average Bonchev–Trinajstić information content (AvgIpc) is 2.04. The van der Waals surface area contributed by atoms with E-state index in [9.17, 15) is 0 Å². The zero-order valence-corrected chi connectivity index (χ0v) is 8.30. The fourth-order valence-electron chi connectivity index (χ4n) is 1.41. The number of hydrogen-bond acceptors (Lipinski definition) is 2. The highest BCUT2D eigenvalue weighted by Crippen LogP contribution is 2.05. The Bertz CT molecular complexity index is 157. The van der Waals surface area contributed by atoms with Crippen LogP contribution in [-0.4, -0.2) is 48.9 Å². The molecule has 0 atom stereocenters. The smallest absolute Gasteiger partial charge is 0.0984 e. The molecular formula is C9H19N3. The molecule has 0 amide bonds. The number of piperazine rings is 1. The largest absolute Gasteiger partial charge is 0.358 e. The second-order valence-electron chi connectivity index (χ2n) is 3.83. The van der Waals surface area contributed by atoms with E-state index in [1.807, 2.05) is 0 Å². The number of rotatable bonds is 1. The first-order valence-corrected chi connectivity index (χ1v) is 4.63. The van der Waals surface area contributed by atoms with Crippen molar-refractivity contribution >= 4 is 5.84 Å². The Morgan fingerprint density at radius 1 is 1.17 bits per heavy atom. The van der Waals surface area contributed by atoms with E-state index in [0.29, 0.717) is 5.92 Å². The van der Waals surface area contributed by atoms with Gasteiger partial charge in [-0.3, -0.25) is 5.41 Å². The summed E-state index contributed by atoms with van der Waals surface area (Å²) in [6.07, 6.45) is 0. The van der Waals surface area contributed by atoms with Gasteiger partial charge in [0.2, 0.25) is 0 Å². The summed E-state index contributed by atoms with van der Waals surface area (Å²) in [5.74, 6) is 1.16. The van der Waals surface area contributed by atoms with E-state index in [4.69, 9.17) is 5.41 Å². The summed E-state index contributed by atoms with van der Waals surface area (Å²) >= 11 is 0. The van der Waals surface area contributed by atoms with Gasteiger partial charge < -0.3 is 9.80 Å². The molecule has 1 rings (SSSR count). The molecule has 1 aliphatic rings. The van der Waals surface area contributed by atoms with E-state index < -0.39 is 0 Å². The van der Waals surface area contributed by atoms with Crippen LogP contribution in [0, 0.1) is 11.3 Å². The van der Waals surface area contributed by atoms with Crippen molar-refractivity contribution in [2.75, 3.05) is 33.2 Å². The minimum atomic E-state index is 0.369. The van der Waals surface area contributed by atoms with Crippen molar-refractivity contribution in [1.82, 2.24) is 9.80 Å². The van der Waals surface area contributed by atoms with Crippen LogP contribution in [0.2, 0.25) is 0 Å². The lowest BCUT2D eigenvalue weighted by molar-refractivity contribution is 0.210. The quantitative estimate of drug-likeness (QED) is 0.466. The van der Waals surface area contributed by atoms with Gasteiger partial charge in [-0.15, -0.1) is 0 Å². The summed E-state index contributed by atoms with van der Waals surface area (Å²) in [6.45, 7) is 8.40. The highest BCUT2D eigenvalue weighted by Gasteiger charge is 2.17. The first-order chi connectivity index (χ1) is 5.61. The average molecular weight is 169 g/mol. The van der Waals surface area contributed by atoms with Crippen molar-refractivity contribution in [3.05, 3.63) is 0 Å². The molecule has 0 aromatic carbocycles. The third-order valence-electron chi connectivity index (χ3n) is 2.39. The number of hydrogen-bond donors (Lipinski definition) is 1. The Labute approximate surface area is 74.9 Å². The van der Waals surface area contributed by atoms with Gasteiger partial charge in [0.1, 0.15) is 0 Å². The lowest BCUT2D eigenvalue weighted by Gasteiger charge is -2.35. The monoisotopic (exact) mass is 169 g/mol. The molecule has 0 aliphatic carbocycles. The van der Waals surface area contributed by atoms with Crippen LogP contribution in [0.4, 0.5) is 0 Å². The molecule has 0 radical (unpaired) electrons. The van der Waals surface area contributed by atoms with Crippen LogP contribution >= 0.6 is 0 Å². The fourth-order valence-corrected chi connectivity index (χ4v) is 1.41. The number of nitrogens with one attached hydrogen (secondary N) is 1. The predicted molar refractivity (Wildman–Crippen MR) is 51.6 cm³/mol. The minimum absolute atomic E-state index is 0.369. The molecule has 0 bridgehead atoms. The Morgan fingerprint density at radius 2 is 1.67 bits per heavy atom. The van der Waals surface area contributed by atoms with E-state index in [2.05, 4.69) is 30.7 Å². The maximum absolute atomic E-state index is 7.81. The van der Waals surface area contributed by atoms with Crippen LogP contribution in [0.25, 0.3) is 0 Å². The maximum Gasteiger partial charge on any atom is 0.0984 e. The van der Waals surface area contributed by atoms with Crippen molar-refractivity contribution in [2.45, 2.75) is 13.8 Å². The second-order valence-corrected chi connectivity index (χ2v) is 3.83. The van der Waals surface area contributed by atoms with Crippen molar-refractivity contribution < 1.29 is 0 Å². The molecule has 1 fully saturated rings. The molecule has 1 aliphatic heterocycles. The molecule has 3 nitrogen and oxygen atoms in total. The Kier molecular flexibility index (Phi) is 3.09. The molecule has 70 valence electrons. The van der Waals surface area contributed by atoms with Gasteiger partial charge in [-0.1, -0.05) is 13.8 Å². The van der Waals surface area contributed by atoms with Gasteiger partial charge in [-0.25, -0.2) is 0 Å². The second kappa shape index (κ2) is 3.90. The van der Waals surface area contributed by atoms with Gasteiger partial charge in [0.15, 0.2) is 0 Å². The summed E-state index contributed by atoms with van der Waals surface area (Å²) in [6, 6.07) is 0. The highest BCUT2D eigenvalue weighted by molar-refractivity contribution is 5.81. The summed E-state index contributed by atoms with van der Waals surface area (Å²) in [7, 11) is 2.14. The van der Waals surface area contributed by atoms with Gasteiger partial charge in [-0.2, -0.15) is 0 Å². The van der Waals surface area contributed by atoms with E-state index >= 15 is 0 Å². The first-order valence-electron chi connectivity index (χ1n) is 4.63. The standard InChI is InChI=1S/C9H19N3/c1-8(2)9(10)12-6-4-11(3)5-7-12/h8,10H,4-7H2,1-3H3. The van der Waals surface area contributed by atoms with Crippen LogP contribution in [-0.2, 0) is 0 Å². The minimum Gasteiger partial charge on any atom is -0.358 e. The maximum atomic E-state index is 7.81. The molecule has 0 aromatic heterocycles. The van der Waals surface area contributed by atoms with Crippen LogP contribution in [0.5, 0.6) is 0 Å². The SMILES string of the molecule is CC(C)C(=N)N1CCN(C)CC1. The topological polar surface area (TPSA) is 30.3 Å². The summed E-state index contributed by atoms with van der Waals surface area (Å²) < 4.78 is 0. The van der Waals surface area contributed by atoms with E-state index in [-0.39, 0.29) is 0 Å². The van der Waals surface area contributed by atoms with E-state index in [0.717, 1.165) is 32.0 Å². The van der Waals surface area contributed by atoms with Crippen molar-refractivity contribution in [2.24, 2.45) is 5.92 Å². The summed E-state index contributed by atoms with van der Waals surface area (Å²) in [4.78, 5) is 4.49. The van der Waals surface area contributed by atoms with E-state index in [1.165, 1.54) is 0 Å². The Balaban J connectivity index is 2.39. The van der Waals surface area contributed by atoms with Crippen LogP contribution < -0.4 is 0 Å². The molecule has 1 heterocycles. The third kappa shape index (κ3) is 2.21. The van der Waals surface area contributed by atoms with E-state index in [1.54, 1.807) is 0 Å². The molecule has 0 saturated carbocycles. The molecule has 1 saturated heterocycles. The van der Waals surface area contributed by atoms with Gasteiger partial charge in [-0.05, 0) is 7.05 Å². The van der Waals surface area contributed by atoms with Crippen LogP contribution in [0.1, 0.15) is 13.8 Å². The van der Waals surface area contributed by atoms with Crippen molar-refractivity contribution in [3.63, 3.8) is 0 Å². The fraction of sp³-hybridized carbons (Fsp3) is 0.889. The summed E-state index contributed by atoms with van der Waals surface area (Å²) in [5, 5.41) is 7.81. The van der Waals surface area contributed by atoms with Crippen molar-refractivity contribution in [1.29, 1.82) is 5.41 Å². The van der Waals surface area contributed by atoms with Gasteiger partial charge in [0.05, 0.1) is 5.84 Å². The number of nitrogens with zero attached hydrogens (tertiary/aromatic N) is 2. The lowest BCUT2D eigenvalue weighted by atomic mass is 10.1. The van der Waals surface area contributed by atoms with Crippen LogP contribution in [0.3, 0.4) is 0 Å². The van der Waals surface area contributed by atoms with Gasteiger partial charge in [0, 0.05) is 32.1 Å². The molecule has 12 heavy (non-hydrogen) atoms. The normalized spacial score (nSPS) is 20.2. The lowest BCUT2D eigenvalue weighted by Crippen LogP contribution is -2.48. The Morgan fingerprint density at radius 3 is 2.08 bits per heavy atom. The zero-order valence-electron chi connectivity index (χ0n) is 8.30. The molecule has 1 N–H and O–H groups in total. The molecule has 0 spiro atoms. The molecular weight excluding hydrogens is 150 g/mol. The highest BCUT2D eigenvalue weighted by atomic mass is 15.3. The Hall–Kier alpha value is -0.570. The molecule has 3 heteroatoms. The first kappa shape index (κ1) is 9.52. The predicted octanol–water partition coefficient (Wildman–Crippen LogP) is 0.867. The zero-order chi connectivity index (χ0) is 9.14. The number of amidine groups is 1. The van der Waals surface area contributed by atoms with Crippen molar-refractivity contribution in [3.8, 4) is 0 Å². The molecule has 0 aromatic rings. The summed E-state index contributed by atoms with van der Waals surface area (Å²) in [5.41, 5.74) is 0. The van der Waals surface area contributed by atoms with Gasteiger partial charge in [0.25, 0.3) is 0 Å².